The van der Waals surface area contributed by atoms with E-state index in [2.05, 4.69) is 22.3 Å². The number of nitrogens with one attached hydrogen (secondary N) is 1. The first-order valence-electron chi connectivity index (χ1n) is 12.4. The lowest BCUT2D eigenvalue weighted by atomic mass is 10.1. The summed E-state index contributed by atoms with van der Waals surface area (Å²) in [5.74, 6) is -0.147. The van der Waals surface area contributed by atoms with Crippen LogP contribution in [-0.2, 0) is 29.7 Å². The van der Waals surface area contributed by atoms with E-state index in [1.54, 1.807) is 12.1 Å². The lowest BCUT2D eigenvalue weighted by Gasteiger charge is -2.23. The van der Waals surface area contributed by atoms with Crippen LogP contribution >= 0.6 is 0 Å². The number of rotatable bonds is 9. The van der Waals surface area contributed by atoms with Crippen LogP contribution in [0.2, 0.25) is 0 Å². The van der Waals surface area contributed by atoms with Crippen molar-refractivity contribution in [3.8, 4) is 0 Å². The molecule has 3 aromatic carbocycles. The molecule has 1 aliphatic heterocycles. The Bertz CT molecular complexity index is 1310. The Morgan fingerprint density at radius 2 is 1.58 bits per heavy atom. The molecule has 0 atom stereocenters. The van der Waals surface area contributed by atoms with Crippen LogP contribution in [0.5, 0.6) is 0 Å². The second kappa shape index (κ2) is 11.3. The third kappa shape index (κ3) is 6.53. The zero-order valence-corrected chi connectivity index (χ0v) is 22.1. The average molecular weight is 506 g/mol. The number of hydrogen-bond donors (Lipinski definition) is 1. The predicted molar refractivity (Wildman–Crippen MR) is 146 cm³/mol. The molecule has 1 fully saturated rings. The summed E-state index contributed by atoms with van der Waals surface area (Å²) >= 11 is 0. The van der Waals surface area contributed by atoms with Crippen molar-refractivity contribution >= 4 is 21.6 Å². The topological polar surface area (TPSA) is 69.7 Å². The van der Waals surface area contributed by atoms with E-state index in [1.807, 2.05) is 56.3 Å². The van der Waals surface area contributed by atoms with Crippen molar-refractivity contribution in [2.24, 2.45) is 0 Å². The van der Waals surface area contributed by atoms with E-state index in [0.717, 1.165) is 41.9 Å². The van der Waals surface area contributed by atoms with Crippen LogP contribution in [0.4, 0.5) is 5.69 Å². The van der Waals surface area contributed by atoms with Gasteiger partial charge in [-0.05, 0) is 91.9 Å². The van der Waals surface area contributed by atoms with Crippen LogP contribution in [0.1, 0.15) is 51.0 Å². The molecular weight excluding hydrogens is 470 g/mol. The SMILES string of the molecule is Cc1ccc(N(Cc2ccc(C(=O)NCc3ccccc3CN3CCCC3)cc2)S(C)(=O)=O)cc1C. The number of sulfonamides is 1. The minimum atomic E-state index is -3.47. The molecule has 7 heteroatoms. The molecule has 0 aliphatic carbocycles. The summed E-state index contributed by atoms with van der Waals surface area (Å²) in [6, 6.07) is 21.0. The quantitative estimate of drug-likeness (QED) is 0.454. The summed E-state index contributed by atoms with van der Waals surface area (Å²) < 4.78 is 26.4. The molecule has 0 unspecified atom stereocenters. The first-order chi connectivity index (χ1) is 17.2. The fraction of sp³-hybridized carbons (Fsp3) is 0.345. The van der Waals surface area contributed by atoms with Crippen LogP contribution in [-0.4, -0.2) is 38.6 Å². The molecule has 6 nitrogen and oxygen atoms in total. The number of anilines is 1. The van der Waals surface area contributed by atoms with E-state index >= 15 is 0 Å². The maximum Gasteiger partial charge on any atom is 0.251 e. The van der Waals surface area contributed by atoms with Gasteiger partial charge < -0.3 is 5.32 Å². The van der Waals surface area contributed by atoms with Gasteiger partial charge in [0.2, 0.25) is 10.0 Å². The van der Waals surface area contributed by atoms with Gasteiger partial charge in [0.05, 0.1) is 18.5 Å². The lowest BCUT2D eigenvalue weighted by molar-refractivity contribution is 0.0950. The van der Waals surface area contributed by atoms with Crippen molar-refractivity contribution in [3.05, 3.63) is 100 Å². The zero-order chi connectivity index (χ0) is 25.7. The maximum atomic E-state index is 12.8. The van der Waals surface area contributed by atoms with E-state index in [9.17, 15) is 13.2 Å². The van der Waals surface area contributed by atoms with Gasteiger partial charge in [-0.2, -0.15) is 0 Å². The molecular formula is C29H35N3O3S. The smallest absolute Gasteiger partial charge is 0.251 e. The molecule has 36 heavy (non-hydrogen) atoms. The highest BCUT2D eigenvalue weighted by Gasteiger charge is 2.19. The summed E-state index contributed by atoms with van der Waals surface area (Å²) in [5.41, 5.74) is 6.53. The van der Waals surface area contributed by atoms with Crippen molar-refractivity contribution in [2.75, 3.05) is 23.7 Å². The van der Waals surface area contributed by atoms with Crippen LogP contribution in [0, 0.1) is 13.8 Å². The van der Waals surface area contributed by atoms with Crippen LogP contribution in [0.3, 0.4) is 0 Å². The monoisotopic (exact) mass is 505 g/mol. The Morgan fingerprint density at radius 3 is 2.22 bits per heavy atom. The number of carbonyl (C=O) groups is 1. The molecule has 0 radical (unpaired) electrons. The molecule has 1 amide bonds. The molecule has 190 valence electrons. The Morgan fingerprint density at radius 1 is 0.917 bits per heavy atom. The van der Waals surface area contributed by atoms with Crippen molar-refractivity contribution in [1.29, 1.82) is 0 Å². The van der Waals surface area contributed by atoms with Crippen LogP contribution < -0.4 is 9.62 Å². The fourth-order valence-corrected chi connectivity index (χ4v) is 5.43. The van der Waals surface area contributed by atoms with E-state index in [1.165, 1.54) is 29.0 Å². The van der Waals surface area contributed by atoms with E-state index in [-0.39, 0.29) is 12.5 Å². The van der Waals surface area contributed by atoms with Gasteiger partial charge in [-0.3, -0.25) is 14.0 Å². The first kappa shape index (κ1) is 25.9. The van der Waals surface area contributed by atoms with Crippen molar-refractivity contribution < 1.29 is 13.2 Å². The zero-order valence-electron chi connectivity index (χ0n) is 21.3. The first-order valence-corrected chi connectivity index (χ1v) is 14.3. The largest absolute Gasteiger partial charge is 0.348 e. The number of benzene rings is 3. The summed E-state index contributed by atoms with van der Waals surface area (Å²) in [4.78, 5) is 15.3. The minimum Gasteiger partial charge on any atom is -0.348 e. The van der Waals surface area contributed by atoms with Crippen molar-refractivity contribution in [3.63, 3.8) is 0 Å². The highest BCUT2D eigenvalue weighted by atomic mass is 32.2. The highest BCUT2D eigenvalue weighted by molar-refractivity contribution is 7.92. The number of carbonyl (C=O) groups excluding carboxylic acids is 1. The number of nitrogens with zero attached hydrogens (tertiary/aromatic N) is 2. The van der Waals surface area contributed by atoms with E-state index in [0.29, 0.717) is 17.8 Å². The Labute approximate surface area is 215 Å². The Balaban J connectivity index is 1.41. The van der Waals surface area contributed by atoms with Gasteiger partial charge in [-0.1, -0.05) is 42.5 Å². The van der Waals surface area contributed by atoms with E-state index < -0.39 is 10.0 Å². The van der Waals surface area contributed by atoms with Gasteiger partial charge >= 0.3 is 0 Å². The maximum absolute atomic E-state index is 12.8. The van der Waals surface area contributed by atoms with Gasteiger partial charge in [-0.15, -0.1) is 0 Å². The molecule has 0 spiro atoms. The number of likely N-dealkylation sites (tertiary alicyclic amines) is 1. The number of hydrogen-bond acceptors (Lipinski definition) is 4. The minimum absolute atomic E-state index is 0.147. The summed E-state index contributed by atoms with van der Waals surface area (Å²) in [5, 5.41) is 3.04. The molecule has 3 aromatic rings. The molecule has 1 heterocycles. The van der Waals surface area contributed by atoms with E-state index in [4.69, 9.17) is 0 Å². The normalized spacial score (nSPS) is 14.1. The summed E-state index contributed by atoms with van der Waals surface area (Å²) in [6.45, 7) is 7.82. The number of amides is 1. The van der Waals surface area contributed by atoms with Crippen molar-refractivity contribution in [1.82, 2.24) is 10.2 Å². The second-order valence-corrected chi connectivity index (χ2v) is 11.6. The molecule has 0 aromatic heterocycles. The highest BCUT2D eigenvalue weighted by Crippen LogP contribution is 2.24. The van der Waals surface area contributed by atoms with Gasteiger partial charge in [0.25, 0.3) is 5.91 Å². The lowest BCUT2D eigenvalue weighted by Crippen LogP contribution is -2.29. The average Bonchev–Trinajstić information content (AvgIpc) is 3.36. The molecule has 4 rings (SSSR count). The summed E-state index contributed by atoms with van der Waals surface area (Å²) in [7, 11) is -3.47. The van der Waals surface area contributed by atoms with Gasteiger partial charge in [0.1, 0.15) is 0 Å². The van der Waals surface area contributed by atoms with Crippen LogP contribution in [0.25, 0.3) is 0 Å². The van der Waals surface area contributed by atoms with Gasteiger partial charge in [-0.25, -0.2) is 8.42 Å². The number of aryl methyl sites for hydroxylation is 2. The second-order valence-electron chi connectivity index (χ2n) is 9.67. The summed E-state index contributed by atoms with van der Waals surface area (Å²) in [6.07, 6.45) is 3.72. The third-order valence-corrected chi connectivity index (χ3v) is 8.01. The molecule has 1 saturated heterocycles. The molecule has 1 aliphatic rings. The van der Waals surface area contributed by atoms with Crippen molar-refractivity contribution in [2.45, 2.75) is 46.3 Å². The molecule has 1 N–H and O–H groups in total. The van der Waals surface area contributed by atoms with Crippen LogP contribution in [0.15, 0.2) is 66.7 Å². The van der Waals surface area contributed by atoms with Gasteiger partial charge in [0.15, 0.2) is 0 Å². The standard InChI is InChI=1S/C29H35N3O3S/c1-22-10-15-28(18-23(22)2)32(36(3,34)35)20-24-11-13-25(14-12-24)29(33)30-19-26-8-4-5-9-27(26)21-31-16-6-7-17-31/h4-5,8-15,18H,6-7,16-17,19-21H2,1-3H3,(H,30,33). The third-order valence-electron chi connectivity index (χ3n) is 6.87. The molecule has 0 bridgehead atoms. The molecule has 0 saturated carbocycles. The Kier molecular flexibility index (Phi) is 8.11. The van der Waals surface area contributed by atoms with Gasteiger partial charge in [0, 0.05) is 18.7 Å². The fourth-order valence-electron chi connectivity index (χ4n) is 4.55. The Hall–Kier alpha value is -3.16. The predicted octanol–water partition coefficient (Wildman–Crippen LogP) is 4.80.